The van der Waals surface area contributed by atoms with Gasteiger partial charge in [0.2, 0.25) is 0 Å². The van der Waals surface area contributed by atoms with E-state index in [0.717, 1.165) is 33.4 Å². The first-order chi connectivity index (χ1) is 13.5. The lowest BCUT2D eigenvalue weighted by molar-refractivity contribution is 0.243. The molecular formula is C20H17N7O. The molecule has 5 rings (SSSR count). The molecular weight excluding hydrogens is 354 g/mol. The van der Waals surface area contributed by atoms with Gasteiger partial charge in [-0.1, -0.05) is 6.07 Å². The first-order valence-corrected chi connectivity index (χ1v) is 8.98. The summed E-state index contributed by atoms with van der Waals surface area (Å²) in [6, 6.07) is 9.30. The van der Waals surface area contributed by atoms with Crippen LogP contribution in [-0.2, 0) is 6.54 Å². The van der Waals surface area contributed by atoms with Crippen molar-refractivity contribution in [3.8, 4) is 17.3 Å². The Hall–Kier alpha value is -3.86. The lowest BCUT2D eigenvalue weighted by atomic mass is 10.1. The molecule has 1 aliphatic rings. The fraction of sp³-hybridized carbons (Fsp3) is 0.200. The van der Waals surface area contributed by atoms with Crippen LogP contribution in [0.1, 0.15) is 31.1 Å². The van der Waals surface area contributed by atoms with Crippen LogP contribution in [0.3, 0.4) is 0 Å². The zero-order valence-electron chi connectivity index (χ0n) is 15.4. The van der Waals surface area contributed by atoms with Crippen molar-refractivity contribution in [3.63, 3.8) is 0 Å². The molecule has 8 heteroatoms. The van der Waals surface area contributed by atoms with E-state index in [-0.39, 0.29) is 12.1 Å². The van der Waals surface area contributed by atoms with E-state index in [4.69, 9.17) is 5.73 Å². The number of nitrogen functional groups attached to an aromatic ring is 1. The number of anilines is 1. The highest BCUT2D eigenvalue weighted by molar-refractivity contribution is 6.08. The molecule has 0 radical (unpaired) electrons. The van der Waals surface area contributed by atoms with E-state index in [1.807, 2.05) is 12.1 Å². The number of fused-ring (bicyclic) bond motifs is 7. The topological polar surface area (TPSA) is 115 Å². The molecule has 3 N–H and O–H groups in total. The summed E-state index contributed by atoms with van der Waals surface area (Å²) in [4.78, 5) is 21.6. The number of carbonyl (C=O) groups excluding carboxylic acids is 1. The van der Waals surface area contributed by atoms with Gasteiger partial charge < -0.3 is 15.6 Å². The number of hydrogen-bond acceptors (Lipinski definition) is 5. The fourth-order valence-electron chi connectivity index (χ4n) is 4.12. The van der Waals surface area contributed by atoms with Crippen molar-refractivity contribution in [2.75, 3.05) is 5.73 Å². The van der Waals surface area contributed by atoms with Crippen LogP contribution in [0.5, 0.6) is 0 Å². The van der Waals surface area contributed by atoms with E-state index >= 15 is 0 Å². The van der Waals surface area contributed by atoms with Crippen molar-refractivity contribution in [2.24, 2.45) is 0 Å². The third-order valence-electron chi connectivity index (χ3n) is 5.23. The molecule has 0 spiro atoms. The van der Waals surface area contributed by atoms with Crippen molar-refractivity contribution >= 4 is 33.8 Å². The maximum Gasteiger partial charge on any atom is 0.326 e. The minimum Gasteiger partial charge on any atom is -0.383 e. The fourth-order valence-corrected chi connectivity index (χ4v) is 4.12. The molecule has 0 aliphatic carbocycles. The van der Waals surface area contributed by atoms with Crippen LogP contribution in [0, 0.1) is 11.3 Å². The number of carbonyl (C=O) groups is 1. The smallest absolute Gasteiger partial charge is 0.326 e. The van der Waals surface area contributed by atoms with Crippen molar-refractivity contribution in [1.82, 2.24) is 24.4 Å². The number of amides is 1. The summed E-state index contributed by atoms with van der Waals surface area (Å²) in [6.07, 6.45) is 1.46. The van der Waals surface area contributed by atoms with Gasteiger partial charge in [-0.25, -0.2) is 14.8 Å². The van der Waals surface area contributed by atoms with E-state index in [1.54, 1.807) is 16.7 Å². The number of rotatable bonds is 1. The first-order valence-electron chi connectivity index (χ1n) is 8.98. The van der Waals surface area contributed by atoms with Gasteiger partial charge >= 0.3 is 6.03 Å². The molecule has 0 saturated heterocycles. The van der Waals surface area contributed by atoms with Crippen molar-refractivity contribution in [1.29, 1.82) is 5.26 Å². The predicted molar refractivity (Wildman–Crippen MR) is 106 cm³/mol. The molecule has 0 fully saturated rings. The second-order valence-electron chi connectivity index (χ2n) is 7.15. The summed E-state index contributed by atoms with van der Waals surface area (Å²) in [5, 5.41) is 13.9. The quantitative estimate of drug-likeness (QED) is 0.533. The third kappa shape index (κ3) is 2.01. The summed E-state index contributed by atoms with van der Waals surface area (Å²) in [5.74, 6) is 0.379. The number of nitrogens with one attached hydrogen (secondary N) is 1. The second-order valence-corrected chi connectivity index (χ2v) is 7.15. The van der Waals surface area contributed by atoms with Gasteiger partial charge in [-0.3, -0.25) is 4.57 Å². The molecule has 1 aromatic carbocycles. The summed E-state index contributed by atoms with van der Waals surface area (Å²) < 4.78 is 3.70. The summed E-state index contributed by atoms with van der Waals surface area (Å²) in [5.41, 5.74) is 10.7. The van der Waals surface area contributed by atoms with E-state index in [9.17, 15) is 10.1 Å². The Morgan fingerprint density at radius 1 is 1.29 bits per heavy atom. The molecule has 0 bridgehead atoms. The van der Waals surface area contributed by atoms with Gasteiger partial charge in [0, 0.05) is 22.7 Å². The van der Waals surface area contributed by atoms with E-state index < -0.39 is 0 Å². The van der Waals surface area contributed by atoms with Crippen LogP contribution in [-0.4, -0.2) is 25.1 Å². The van der Waals surface area contributed by atoms with Crippen molar-refractivity contribution in [2.45, 2.75) is 26.4 Å². The normalized spacial score (nSPS) is 13.3. The number of nitrogens with zero attached hydrogens (tertiary/aromatic N) is 5. The summed E-state index contributed by atoms with van der Waals surface area (Å²) >= 11 is 0. The molecule has 0 unspecified atom stereocenters. The largest absolute Gasteiger partial charge is 0.383 e. The average Bonchev–Trinajstić information content (AvgIpc) is 3.17. The van der Waals surface area contributed by atoms with Crippen molar-refractivity contribution in [3.05, 3.63) is 41.9 Å². The van der Waals surface area contributed by atoms with Gasteiger partial charge in [-0.05, 0) is 32.0 Å². The first kappa shape index (κ1) is 16.3. The Morgan fingerprint density at radius 2 is 2.11 bits per heavy atom. The molecule has 8 nitrogen and oxygen atoms in total. The molecule has 28 heavy (non-hydrogen) atoms. The SMILES string of the molecule is CC(C)n1c2c(c3c(N)ncnc31)-c1cc3ccc(C#N)cc3n1C(=O)NC2. The number of aromatic nitrogens is 4. The Kier molecular flexibility index (Phi) is 3.25. The van der Waals surface area contributed by atoms with Crippen LogP contribution in [0.4, 0.5) is 10.6 Å². The van der Waals surface area contributed by atoms with Gasteiger partial charge in [-0.15, -0.1) is 0 Å². The molecule has 138 valence electrons. The Balaban J connectivity index is 1.98. The number of nitrogens with two attached hydrogens (primary N) is 1. The van der Waals surface area contributed by atoms with Crippen molar-refractivity contribution < 1.29 is 4.79 Å². The monoisotopic (exact) mass is 371 g/mol. The third-order valence-corrected chi connectivity index (χ3v) is 5.23. The molecule has 1 amide bonds. The Morgan fingerprint density at radius 3 is 2.86 bits per heavy atom. The van der Waals surface area contributed by atoms with Crippen LogP contribution in [0.2, 0.25) is 0 Å². The molecule has 4 heterocycles. The van der Waals surface area contributed by atoms with Gasteiger partial charge in [0.25, 0.3) is 0 Å². The maximum absolute atomic E-state index is 12.9. The highest BCUT2D eigenvalue weighted by atomic mass is 16.2. The standard InChI is InChI=1S/C20H17N7O/c1-10(2)26-15-8-23-20(28)27-13-5-11(7-21)3-4-12(13)6-14(27)16(15)17-18(22)24-9-25-19(17)26/h3-6,9-10H,8H2,1-2H3,(H,23,28)(H2,22,24,25). The molecule has 4 aromatic rings. The zero-order chi connectivity index (χ0) is 19.6. The molecule has 0 atom stereocenters. The lowest BCUT2D eigenvalue weighted by Gasteiger charge is -2.14. The molecule has 1 aliphatic heterocycles. The zero-order valence-corrected chi connectivity index (χ0v) is 15.4. The Labute approximate surface area is 160 Å². The van der Waals surface area contributed by atoms with Crippen LogP contribution in [0.25, 0.3) is 33.2 Å². The van der Waals surface area contributed by atoms with E-state index in [1.165, 1.54) is 6.33 Å². The van der Waals surface area contributed by atoms with Crippen LogP contribution < -0.4 is 11.1 Å². The van der Waals surface area contributed by atoms with E-state index in [2.05, 4.69) is 39.8 Å². The maximum atomic E-state index is 12.9. The van der Waals surface area contributed by atoms with Crippen LogP contribution in [0.15, 0.2) is 30.6 Å². The second kappa shape index (κ2) is 5.57. The Bertz CT molecular complexity index is 1340. The molecule has 3 aromatic heterocycles. The van der Waals surface area contributed by atoms with E-state index in [0.29, 0.717) is 23.4 Å². The minimum atomic E-state index is -0.241. The predicted octanol–water partition coefficient (Wildman–Crippen LogP) is 3.16. The highest BCUT2D eigenvalue weighted by Crippen LogP contribution is 2.41. The van der Waals surface area contributed by atoms with Gasteiger partial charge in [0.05, 0.1) is 34.8 Å². The van der Waals surface area contributed by atoms with Gasteiger partial charge in [-0.2, -0.15) is 5.26 Å². The number of benzene rings is 1. The number of hydrogen-bond donors (Lipinski definition) is 2. The summed E-state index contributed by atoms with van der Waals surface area (Å²) in [7, 11) is 0. The lowest BCUT2D eigenvalue weighted by Crippen LogP contribution is -2.27. The highest BCUT2D eigenvalue weighted by Gasteiger charge is 2.30. The van der Waals surface area contributed by atoms with Gasteiger partial charge in [0.15, 0.2) is 0 Å². The van der Waals surface area contributed by atoms with Crippen LogP contribution >= 0.6 is 0 Å². The van der Waals surface area contributed by atoms with Gasteiger partial charge in [0.1, 0.15) is 17.8 Å². The minimum absolute atomic E-state index is 0.124. The number of nitriles is 1. The molecule has 0 saturated carbocycles. The summed E-state index contributed by atoms with van der Waals surface area (Å²) in [6.45, 7) is 4.49. The average molecular weight is 371 g/mol.